The molecule has 0 saturated carbocycles. The fourth-order valence-corrected chi connectivity index (χ4v) is 3.14. The molecule has 2 rings (SSSR count). The normalized spacial score (nSPS) is 19.6. The van der Waals surface area contributed by atoms with Crippen LogP contribution in [-0.2, 0) is 4.79 Å². The summed E-state index contributed by atoms with van der Waals surface area (Å²) in [5.41, 5.74) is 6.06. The van der Waals surface area contributed by atoms with Gasteiger partial charge in [-0.2, -0.15) is 0 Å². The molecule has 24 heavy (non-hydrogen) atoms. The number of nitrogens with two attached hydrogens (primary N) is 1. The lowest BCUT2D eigenvalue weighted by molar-refractivity contribution is -0.123. The number of hydrogen-bond donors (Lipinski definition) is 2. The minimum Gasteiger partial charge on any atom is -0.435 e. The highest BCUT2D eigenvalue weighted by atomic mass is 16.4. The third kappa shape index (κ3) is 4.14. The Balaban J connectivity index is 1.88. The van der Waals surface area contributed by atoms with Crippen molar-refractivity contribution in [3.63, 3.8) is 0 Å². The SMILES string of the molecule is CCC(C(N)=O)N1CCC(CNC(=O)c2oc(C(C)C)nc2C)C1. The zero-order chi connectivity index (χ0) is 17.9. The van der Waals surface area contributed by atoms with Crippen LogP contribution in [0, 0.1) is 12.8 Å². The molecule has 134 valence electrons. The van der Waals surface area contributed by atoms with Crippen LogP contribution in [-0.4, -0.2) is 47.4 Å². The standard InChI is InChI=1S/C17H28N4O3/c1-5-13(15(18)22)21-7-6-12(9-21)8-19-16(23)14-11(4)20-17(24-14)10(2)3/h10,12-13H,5-9H2,1-4H3,(H2,18,22)(H,19,23). The van der Waals surface area contributed by atoms with E-state index < -0.39 is 0 Å². The van der Waals surface area contributed by atoms with Crippen molar-refractivity contribution >= 4 is 11.8 Å². The second-order valence-corrected chi connectivity index (χ2v) is 6.81. The number of nitrogens with one attached hydrogen (secondary N) is 1. The number of hydrogen-bond acceptors (Lipinski definition) is 5. The largest absolute Gasteiger partial charge is 0.435 e. The lowest BCUT2D eigenvalue weighted by Gasteiger charge is -2.23. The molecule has 1 saturated heterocycles. The number of likely N-dealkylation sites (tertiary alicyclic amines) is 1. The fraction of sp³-hybridized carbons (Fsp3) is 0.706. The van der Waals surface area contributed by atoms with Gasteiger partial charge in [0.25, 0.3) is 5.91 Å². The topological polar surface area (TPSA) is 101 Å². The Bertz CT molecular complexity index is 597. The number of carbonyl (C=O) groups excluding carboxylic acids is 2. The quantitative estimate of drug-likeness (QED) is 0.784. The molecule has 1 aliphatic heterocycles. The molecule has 2 heterocycles. The van der Waals surface area contributed by atoms with Crippen LogP contribution in [0.3, 0.4) is 0 Å². The molecule has 1 aliphatic rings. The lowest BCUT2D eigenvalue weighted by Crippen LogP contribution is -2.43. The monoisotopic (exact) mass is 336 g/mol. The molecule has 1 aromatic heterocycles. The maximum absolute atomic E-state index is 12.3. The Kier molecular flexibility index (Phi) is 5.99. The number of rotatable bonds is 7. The molecule has 7 heteroatoms. The zero-order valence-corrected chi connectivity index (χ0v) is 15.0. The van der Waals surface area contributed by atoms with Gasteiger partial charge in [0.05, 0.1) is 11.7 Å². The Morgan fingerprint density at radius 2 is 2.17 bits per heavy atom. The molecule has 2 unspecified atom stereocenters. The van der Waals surface area contributed by atoms with Crippen LogP contribution in [0.15, 0.2) is 4.42 Å². The van der Waals surface area contributed by atoms with Crippen molar-refractivity contribution in [2.75, 3.05) is 19.6 Å². The van der Waals surface area contributed by atoms with Crippen LogP contribution in [0.25, 0.3) is 0 Å². The van der Waals surface area contributed by atoms with Crippen LogP contribution in [0.5, 0.6) is 0 Å². The highest BCUT2D eigenvalue weighted by Crippen LogP contribution is 2.20. The van der Waals surface area contributed by atoms with E-state index in [0.717, 1.165) is 19.5 Å². The van der Waals surface area contributed by atoms with E-state index in [1.165, 1.54) is 0 Å². The molecule has 2 atom stereocenters. The molecule has 0 aliphatic carbocycles. The van der Waals surface area contributed by atoms with Crippen molar-refractivity contribution in [3.05, 3.63) is 17.3 Å². The van der Waals surface area contributed by atoms with E-state index in [9.17, 15) is 9.59 Å². The summed E-state index contributed by atoms with van der Waals surface area (Å²) in [4.78, 5) is 30.2. The summed E-state index contributed by atoms with van der Waals surface area (Å²) < 4.78 is 5.57. The molecule has 1 aromatic rings. The van der Waals surface area contributed by atoms with E-state index in [1.54, 1.807) is 6.92 Å². The van der Waals surface area contributed by atoms with Gasteiger partial charge in [-0.05, 0) is 32.2 Å². The summed E-state index contributed by atoms with van der Waals surface area (Å²) in [6.07, 6.45) is 1.65. The summed E-state index contributed by atoms with van der Waals surface area (Å²) in [7, 11) is 0. The first-order chi connectivity index (χ1) is 11.3. The Morgan fingerprint density at radius 1 is 1.46 bits per heavy atom. The zero-order valence-electron chi connectivity index (χ0n) is 15.0. The molecular formula is C17H28N4O3. The summed E-state index contributed by atoms with van der Waals surface area (Å²) in [6.45, 7) is 9.85. The first-order valence-electron chi connectivity index (χ1n) is 8.62. The van der Waals surface area contributed by atoms with Crippen LogP contribution < -0.4 is 11.1 Å². The predicted octanol–water partition coefficient (Wildman–Crippen LogP) is 1.42. The number of nitrogens with zero attached hydrogens (tertiary/aromatic N) is 2. The van der Waals surface area contributed by atoms with Gasteiger partial charge in [-0.25, -0.2) is 4.98 Å². The number of oxazole rings is 1. The van der Waals surface area contributed by atoms with E-state index in [4.69, 9.17) is 10.2 Å². The van der Waals surface area contributed by atoms with Gasteiger partial charge in [-0.3, -0.25) is 14.5 Å². The van der Waals surface area contributed by atoms with Crippen LogP contribution >= 0.6 is 0 Å². The molecule has 0 bridgehead atoms. The van der Waals surface area contributed by atoms with Crippen LogP contribution in [0.2, 0.25) is 0 Å². The van der Waals surface area contributed by atoms with E-state index in [2.05, 4.69) is 15.2 Å². The van der Waals surface area contributed by atoms with Gasteiger partial charge >= 0.3 is 0 Å². The van der Waals surface area contributed by atoms with E-state index in [0.29, 0.717) is 30.5 Å². The average Bonchev–Trinajstić information content (AvgIpc) is 3.12. The first-order valence-corrected chi connectivity index (χ1v) is 8.62. The Morgan fingerprint density at radius 3 is 2.71 bits per heavy atom. The van der Waals surface area contributed by atoms with Crippen molar-refractivity contribution in [2.45, 2.75) is 52.5 Å². The minimum atomic E-state index is -0.277. The number of aryl methyl sites for hydroxylation is 1. The summed E-state index contributed by atoms with van der Waals surface area (Å²) in [6, 6.07) is -0.212. The maximum Gasteiger partial charge on any atom is 0.289 e. The Labute approximate surface area is 143 Å². The average molecular weight is 336 g/mol. The fourth-order valence-electron chi connectivity index (χ4n) is 3.14. The van der Waals surface area contributed by atoms with Gasteiger partial charge < -0.3 is 15.5 Å². The van der Waals surface area contributed by atoms with Gasteiger partial charge in [0.1, 0.15) is 0 Å². The van der Waals surface area contributed by atoms with Gasteiger partial charge in [0.2, 0.25) is 11.7 Å². The number of carbonyl (C=O) groups is 2. The molecule has 1 fully saturated rings. The molecule has 0 aromatic carbocycles. The lowest BCUT2D eigenvalue weighted by atomic mass is 10.1. The maximum atomic E-state index is 12.3. The van der Waals surface area contributed by atoms with Crippen molar-refractivity contribution in [3.8, 4) is 0 Å². The number of primary amides is 1. The van der Waals surface area contributed by atoms with E-state index in [-0.39, 0.29) is 29.5 Å². The molecule has 7 nitrogen and oxygen atoms in total. The van der Waals surface area contributed by atoms with Gasteiger partial charge in [0.15, 0.2) is 5.89 Å². The highest BCUT2D eigenvalue weighted by molar-refractivity contribution is 5.92. The summed E-state index contributed by atoms with van der Waals surface area (Å²) in [5.74, 6) is 0.825. The van der Waals surface area contributed by atoms with Gasteiger partial charge in [-0.15, -0.1) is 0 Å². The van der Waals surface area contributed by atoms with Gasteiger partial charge in [-0.1, -0.05) is 20.8 Å². The van der Waals surface area contributed by atoms with Crippen molar-refractivity contribution in [1.29, 1.82) is 0 Å². The highest BCUT2D eigenvalue weighted by Gasteiger charge is 2.30. The third-order valence-electron chi connectivity index (χ3n) is 4.54. The molecule has 0 spiro atoms. The first kappa shape index (κ1) is 18.4. The van der Waals surface area contributed by atoms with Crippen LogP contribution in [0.4, 0.5) is 0 Å². The number of amides is 2. The van der Waals surface area contributed by atoms with Crippen LogP contribution in [0.1, 0.15) is 61.7 Å². The second kappa shape index (κ2) is 7.79. The Hall–Kier alpha value is -1.89. The van der Waals surface area contributed by atoms with E-state index in [1.807, 2.05) is 20.8 Å². The second-order valence-electron chi connectivity index (χ2n) is 6.81. The van der Waals surface area contributed by atoms with E-state index >= 15 is 0 Å². The molecule has 0 radical (unpaired) electrons. The predicted molar refractivity (Wildman–Crippen MR) is 90.6 cm³/mol. The van der Waals surface area contributed by atoms with Crippen molar-refractivity contribution < 1.29 is 14.0 Å². The van der Waals surface area contributed by atoms with Gasteiger partial charge in [0, 0.05) is 19.0 Å². The molecular weight excluding hydrogens is 308 g/mol. The minimum absolute atomic E-state index is 0.147. The third-order valence-corrected chi connectivity index (χ3v) is 4.54. The van der Waals surface area contributed by atoms with Crippen molar-refractivity contribution in [2.24, 2.45) is 11.7 Å². The smallest absolute Gasteiger partial charge is 0.289 e. The molecule has 2 amide bonds. The molecule has 3 N–H and O–H groups in total. The number of aromatic nitrogens is 1. The summed E-state index contributed by atoms with van der Waals surface area (Å²) >= 11 is 0. The summed E-state index contributed by atoms with van der Waals surface area (Å²) in [5, 5.41) is 2.93. The van der Waals surface area contributed by atoms with Crippen molar-refractivity contribution in [1.82, 2.24) is 15.2 Å².